The Morgan fingerprint density at radius 2 is 1.60 bits per heavy atom. The predicted molar refractivity (Wildman–Crippen MR) is 111 cm³/mol. The number of nitrogens with two attached hydrogens (primary N) is 1. The van der Waals surface area contributed by atoms with Crippen molar-refractivity contribution in [2.75, 3.05) is 12.0 Å². The maximum Gasteiger partial charge on any atom is 0.326 e. The first-order valence-electron chi connectivity index (χ1n) is 9.21. The third-order valence-corrected chi connectivity index (χ3v) is 4.88. The summed E-state index contributed by atoms with van der Waals surface area (Å²) < 4.78 is 0. The van der Waals surface area contributed by atoms with Gasteiger partial charge in [0.15, 0.2) is 0 Å². The van der Waals surface area contributed by atoms with Crippen molar-refractivity contribution in [1.82, 2.24) is 10.6 Å². The van der Waals surface area contributed by atoms with E-state index in [1.807, 2.05) is 6.26 Å². The summed E-state index contributed by atoms with van der Waals surface area (Å²) in [4.78, 5) is 47.3. The molecule has 0 saturated carbocycles. The minimum Gasteiger partial charge on any atom is -0.508 e. The molecule has 0 fully saturated rings. The van der Waals surface area contributed by atoms with E-state index in [4.69, 9.17) is 10.8 Å². The van der Waals surface area contributed by atoms with Crippen LogP contribution < -0.4 is 16.4 Å². The maximum atomic E-state index is 12.6. The molecule has 0 aliphatic heterocycles. The molecule has 0 bridgehead atoms. The normalized spacial score (nSPS) is 13.7. The molecule has 0 heterocycles. The van der Waals surface area contributed by atoms with Gasteiger partial charge in [0.05, 0.1) is 6.04 Å². The number of thioether (sulfide) groups is 1. The van der Waals surface area contributed by atoms with Crippen molar-refractivity contribution in [3.63, 3.8) is 0 Å². The van der Waals surface area contributed by atoms with Crippen LogP contribution in [0.3, 0.4) is 0 Å². The van der Waals surface area contributed by atoms with Gasteiger partial charge in [0.25, 0.3) is 0 Å². The van der Waals surface area contributed by atoms with Crippen LogP contribution in [0, 0.1) is 0 Å². The SMILES string of the molecule is CSCC[C@H](N)C(=O)N[C@@H](CCC(=O)O)C(=O)N[C@@H](Cc1ccc(O)cc1)C(=O)O. The summed E-state index contributed by atoms with van der Waals surface area (Å²) in [5, 5.41) is 32.4. The van der Waals surface area contributed by atoms with Crippen molar-refractivity contribution in [1.29, 1.82) is 0 Å². The van der Waals surface area contributed by atoms with Crippen molar-refractivity contribution in [2.24, 2.45) is 5.73 Å². The molecule has 0 saturated heterocycles. The highest BCUT2D eigenvalue weighted by Crippen LogP contribution is 2.12. The number of nitrogens with one attached hydrogen (secondary N) is 2. The number of phenols is 1. The zero-order valence-electron chi connectivity index (χ0n) is 16.5. The molecule has 0 aliphatic carbocycles. The number of hydrogen-bond acceptors (Lipinski definition) is 7. The third kappa shape index (κ3) is 9.14. The van der Waals surface area contributed by atoms with E-state index in [9.17, 15) is 29.4 Å². The average Bonchev–Trinajstić information content (AvgIpc) is 2.69. The molecule has 0 unspecified atom stereocenters. The fourth-order valence-corrected chi connectivity index (χ4v) is 3.02. The second-order valence-electron chi connectivity index (χ2n) is 6.65. The van der Waals surface area contributed by atoms with Gasteiger partial charge in [-0.05, 0) is 42.5 Å². The molecular formula is C19H27N3O7S. The summed E-state index contributed by atoms with van der Waals surface area (Å²) in [5.74, 6) is -3.23. The molecule has 166 valence electrons. The quantitative estimate of drug-likeness (QED) is 0.244. The molecule has 10 nitrogen and oxygen atoms in total. The Bertz CT molecular complexity index is 742. The summed E-state index contributed by atoms with van der Waals surface area (Å²) in [6.07, 6.45) is 1.56. The number of aromatic hydroxyl groups is 1. The van der Waals surface area contributed by atoms with Crippen LogP contribution in [0.15, 0.2) is 24.3 Å². The predicted octanol–water partition coefficient (Wildman–Crippen LogP) is -0.0659. The number of aliphatic carboxylic acids is 2. The van der Waals surface area contributed by atoms with Crippen LogP contribution >= 0.6 is 11.8 Å². The zero-order valence-corrected chi connectivity index (χ0v) is 17.4. The number of carbonyl (C=O) groups is 4. The molecule has 3 atom stereocenters. The maximum absolute atomic E-state index is 12.6. The Morgan fingerprint density at radius 3 is 2.13 bits per heavy atom. The van der Waals surface area contributed by atoms with Crippen LogP contribution in [0.5, 0.6) is 5.75 Å². The largest absolute Gasteiger partial charge is 0.508 e. The molecule has 0 spiro atoms. The molecule has 2 amide bonds. The summed E-state index contributed by atoms with van der Waals surface area (Å²) in [5.41, 5.74) is 6.34. The fourth-order valence-electron chi connectivity index (χ4n) is 2.53. The van der Waals surface area contributed by atoms with Crippen LogP contribution in [-0.4, -0.2) is 69.2 Å². The van der Waals surface area contributed by atoms with Gasteiger partial charge in [-0.25, -0.2) is 4.79 Å². The molecule has 7 N–H and O–H groups in total. The van der Waals surface area contributed by atoms with Crippen molar-refractivity contribution in [2.45, 2.75) is 43.8 Å². The van der Waals surface area contributed by atoms with Crippen molar-refractivity contribution in [3.8, 4) is 5.75 Å². The summed E-state index contributed by atoms with van der Waals surface area (Å²) in [6, 6.07) is 2.40. The monoisotopic (exact) mass is 441 g/mol. The van der Waals surface area contributed by atoms with E-state index in [0.29, 0.717) is 17.7 Å². The lowest BCUT2D eigenvalue weighted by Crippen LogP contribution is -2.55. The number of carboxylic acid groups (broad SMARTS) is 2. The van der Waals surface area contributed by atoms with Crippen LogP contribution in [0.1, 0.15) is 24.8 Å². The molecule has 0 aromatic heterocycles. The van der Waals surface area contributed by atoms with Gasteiger partial charge in [-0.15, -0.1) is 0 Å². The Kier molecular flexibility index (Phi) is 10.7. The highest BCUT2D eigenvalue weighted by molar-refractivity contribution is 7.98. The van der Waals surface area contributed by atoms with Crippen LogP contribution in [-0.2, 0) is 25.6 Å². The van der Waals surface area contributed by atoms with Crippen molar-refractivity contribution in [3.05, 3.63) is 29.8 Å². The molecule has 1 aromatic carbocycles. The van der Waals surface area contributed by atoms with Gasteiger partial charge in [0, 0.05) is 12.8 Å². The number of rotatable bonds is 13. The lowest BCUT2D eigenvalue weighted by Gasteiger charge is -2.22. The number of carbonyl (C=O) groups excluding carboxylic acids is 2. The standard InChI is InChI=1S/C19H27N3O7S/c1-30-9-8-13(20)17(26)21-14(6-7-16(24)25)18(27)22-15(19(28)29)10-11-2-4-12(23)5-3-11/h2-5,13-15,23H,6-10,20H2,1H3,(H,21,26)(H,22,27)(H,24,25)(H,28,29)/t13-,14-,15-/m0/s1. The van der Waals surface area contributed by atoms with Gasteiger partial charge < -0.3 is 31.7 Å². The topological polar surface area (TPSA) is 179 Å². The van der Waals surface area contributed by atoms with Gasteiger partial charge in [-0.1, -0.05) is 12.1 Å². The summed E-state index contributed by atoms with van der Waals surface area (Å²) in [7, 11) is 0. The highest BCUT2D eigenvalue weighted by atomic mass is 32.2. The van der Waals surface area contributed by atoms with E-state index in [0.717, 1.165) is 0 Å². The van der Waals surface area contributed by atoms with Gasteiger partial charge in [0.2, 0.25) is 11.8 Å². The van der Waals surface area contributed by atoms with E-state index >= 15 is 0 Å². The minimum atomic E-state index is -1.31. The van der Waals surface area contributed by atoms with Crippen LogP contribution in [0.4, 0.5) is 0 Å². The van der Waals surface area contributed by atoms with E-state index in [-0.39, 0.29) is 18.6 Å². The number of hydrogen-bond donors (Lipinski definition) is 6. The number of phenolic OH excluding ortho intramolecular Hbond substituents is 1. The lowest BCUT2D eigenvalue weighted by atomic mass is 10.0. The van der Waals surface area contributed by atoms with Gasteiger partial charge in [0.1, 0.15) is 17.8 Å². The third-order valence-electron chi connectivity index (χ3n) is 4.24. The highest BCUT2D eigenvalue weighted by Gasteiger charge is 2.28. The van der Waals surface area contributed by atoms with Gasteiger partial charge in [-0.3, -0.25) is 14.4 Å². The molecule has 1 aromatic rings. The molecule has 0 aliphatic rings. The fraction of sp³-hybridized carbons (Fsp3) is 0.474. The zero-order chi connectivity index (χ0) is 22.7. The molecule has 30 heavy (non-hydrogen) atoms. The second-order valence-corrected chi connectivity index (χ2v) is 7.64. The Hall–Kier alpha value is -2.79. The number of carboxylic acids is 2. The van der Waals surface area contributed by atoms with Gasteiger partial charge in [-0.2, -0.15) is 11.8 Å². The first-order valence-corrected chi connectivity index (χ1v) is 10.6. The molecular weight excluding hydrogens is 414 g/mol. The van der Waals surface area contributed by atoms with Crippen molar-refractivity contribution >= 4 is 35.5 Å². The van der Waals surface area contributed by atoms with E-state index in [1.165, 1.54) is 36.0 Å². The average molecular weight is 442 g/mol. The van der Waals surface area contributed by atoms with Crippen molar-refractivity contribution < 1.29 is 34.5 Å². The first kappa shape index (κ1) is 25.2. The first-order chi connectivity index (χ1) is 14.1. The van der Waals surface area contributed by atoms with Crippen LogP contribution in [0.2, 0.25) is 0 Å². The number of amides is 2. The number of benzene rings is 1. The smallest absolute Gasteiger partial charge is 0.326 e. The summed E-state index contributed by atoms with van der Waals surface area (Å²) in [6.45, 7) is 0. The lowest BCUT2D eigenvalue weighted by molar-refractivity contribution is -0.143. The van der Waals surface area contributed by atoms with E-state index in [1.54, 1.807) is 0 Å². The molecule has 11 heteroatoms. The molecule has 1 rings (SSSR count). The minimum absolute atomic E-state index is 0.0175. The van der Waals surface area contributed by atoms with Gasteiger partial charge >= 0.3 is 11.9 Å². The Balaban J connectivity index is 2.85. The Labute approximate surface area is 178 Å². The van der Waals surface area contributed by atoms with E-state index in [2.05, 4.69) is 10.6 Å². The van der Waals surface area contributed by atoms with E-state index < -0.39 is 48.3 Å². The van der Waals surface area contributed by atoms with Crippen LogP contribution in [0.25, 0.3) is 0 Å². The Morgan fingerprint density at radius 1 is 1.00 bits per heavy atom. The second kappa shape index (κ2) is 12.7. The summed E-state index contributed by atoms with van der Waals surface area (Å²) >= 11 is 1.50. The molecule has 0 radical (unpaired) electrons.